The molecule has 0 aliphatic rings. The summed E-state index contributed by atoms with van der Waals surface area (Å²) in [4.78, 5) is 16.6. The Morgan fingerprint density at radius 2 is 1.61 bits per heavy atom. The third kappa shape index (κ3) is 4.99. The van der Waals surface area contributed by atoms with E-state index in [0.717, 1.165) is 16.7 Å². The number of hydrogen-bond donors (Lipinski definition) is 2. The Bertz CT molecular complexity index is 1270. The largest absolute Gasteiger partial charge is 0.348 e. The quantitative estimate of drug-likeness (QED) is 0.434. The van der Waals surface area contributed by atoms with Gasteiger partial charge in [-0.1, -0.05) is 54.6 Å². The molecule has 1 aromatic heterocycles. The Balaban J connectivity index is 1.45. The molecule has 6 nitrogen and oxygen atoms in total. The molecule has 2 N–H and O–H groups in total. The van der Waals surface area contributed by atoms with Gasteiger partial charge < -0.3 is 5.32 Å². The second kappa shape index (κ2) is 9.11. The SMILES string of the molecule is O=C(NCc1ccccc1-c1ccccc1)c1ccc(S(=O)(=O)Nc2nccs2)cc1. The average molecular weight is 450 g/mol. The van der Waals surface area contributed by atoms with Crippen LogP contribution in [0.3, 0.4) is 0 Å². The molecule has 0 atom stereocenters. The summed E-state index contributed by atoms with van der Waals surface area (Å²) in [7, 11) is -3.75. The number of thiazole rings is 1. The molecule has 0 aliphatic carbocycles. The number of carbonyl (C=O) groups excluding carboxylic acids is 1. The minimum Gasteiger partial charge on any atom is -0.348 e. The van der Waals surface area contributed by atoms with Gasteiger partial charge in [-0.05, 0) is 41.0 Å². The Hall–Kier alpha value is -3.49. The Morgan fingerprint density at radius 3 is 2.32 bits per heavy atom. The second-order valence-electron chi connectivity index (χ2n) is 6.67. The first-order chi connectivity index (χ1) is 15.0. The third-order valence-electron chi connectivity index (χ3n) is 4.62. The summed E-state index contributed by atoms with van der Waals surface area (Å²) < 4.78 is 27.2. The van der Waals surface area contributed by atoms with Crippen LogP contribution in [0.25, 0.3) is 11.1 Å². The smallest absolute Gasteiger partial charge is 0.263 e. The van der Waals surface area contributed by atoms with Gasteiger partial charge in [-0.2, -0.15) is 0 Å². The predicted octanol–water partition coefficient (Wildman–Crippen LogP) is 4.54. The summed E-state index contributed by atoms with van der Waals surface area (Å²) in [6.45, 7) is 0.357. The van der Waals surface area contributed by atoms with Crippen molar-refractivity contribution in [2.45, 2.75) is 11.4 Å². The molecule has 1 heterocycles. The Labute approximate surface area is 184 Å². The number of amides is 1. The van der Waals surface area contributed by atoms with Crippen LogP contribution in [0, 0.1) is 0 Å². The van der Waals surface area contributed by atoms with E-state index >= 15 is 0 Å². The molecule has 0 radical (unpaired) electrons. The van der Waals surface area contributed by atoms with Crippen LogP contribution in [-0.4, -0.2) is 19.3 Å². The van der Waals surface area contributed by atoms with Gasteiger partial charge in [0.1, 0.15) is 0 Å². The molecule has 0 fully saturated rings. The number of sulfonamides is 1. The fourth-order valence-electron chi connectivity index (χ4n) is 3.08. The van der Waals surface area contributed by atoms with E-state index in [0.29, 0.717) is 17.2 Å². The van der Waals surface area contributed by atoms with E-state index in [9.17, 15) is 13.2 Å². The van der Waals surface area contributed by atoms with Crippen molar-refractivity contribution in [3.63, 3.8) is 0 Å². The van der Waals surface area contributed by atoms with Crippen molar-refractivity contribution in [1.29, 1.82) is 0 Å². The van der Waals surface area contributed by atoms with E-state index in [1.165, 1.54) is 41.8 Å². The lowest BCUT2D eigenvalue weighted by Crippen LogP contribution is -2.23. The summed E-state index contributed by atoms with van der Waals surface area (Å²) in [6.07, 6.45) is 1.52. The number of nitrogens with one attached hydrogen (secondary N) is 2. The average Bonchev–Trinajstić information content (AvgIpc) is 3.31. The standard InChI is InChI=1S/C23H19N3O3S2/c27-22(25-16-19-8-4-5-9-21(19)17-6-2-1-3-7-17)18-10-12-20(13-11-18)31(28,29)26-23-24-14-15-30-23/h1-15H,16H2,(H,24,26)(H,25,27). The molecule has 0 aliphatic heterocycles. The molecule has 1 amide bonds. The van der Waals surface area contributed by atoms with Crippen LogP contribution in [0.2, 0.25) is 0 Å². The summed E-state index contributed by atoms with van der Waals surface area (Å²) >= 11 is 1.19. The van der Waals surface area contributed by atoms with Crippen molar-refractivity contribution >= 4 is 32.4 Å². The maximum atomic E-state index is 12.6. The number of anilines is 1. The zero-order chi connectivity index (χ0) is 21.7. The fraction of sp³-hybridized carbons (Fsp3) is 0.0435. The molecule has 8 heteroatoms. The Kier molecular flexibility index (Phi) is 6.11. The molecule has 0 bridgehead atoms. The third-order valence-corrected chi connectivity index (χ3v) is 6.79. The van der Waals surface area contributed by atoms with E-state index < -0.39 is 10.0 Å². The summed E-state index contributed by atoms with van der Waals surface area (Å²) in [6, 6.07) is 23.7. The van der Waals surface area contributed by atoms with Crippen molar-refractivity contribution in [3.05, 3.63) is 102 Å². The number of nitrogens with zero attached hydrogens (tertiary/aromatic N) is 1. The van der Waals surface area contributed by atoms with E-state index in [-0.39, 0.29) is 10.8 Å². The van der Waals surface area contributed by atoms with E-state index in [4.69, 9.17) is 0 Å². The van der Waals surface area contributed by atoms with Gasteiger partial charge in [0, 0.05) is 23.7 Å². The van der Waals surface area contributed by atoms with E-state index in [1.54, 1.807) is 5.38 Å². The van der Waals surface area contributed by atoms with E-state index in [2.05, 4.69) is 15.0 Å². The van der Waals surface area contributed by atoms with Gasteiger partial charge in [-0.3, -0.25) is 9.52 Å². The zero-order valence-electron chi connectivity index (χ0n) is 16.4. The highest BCUT2D eigenvalue weighted by atomic mass is 32.2. The van der Waals surface area contributed by atoms with Crippen molar-refractivity contribution in [2.75, 3.05) is 4.72 Å². The van der Waals surface area contributed by atoms with Gasteiger partial charge in [0.25, 0.3) is 15.9 Å². The first-order valence-electron chi connectivity index (χ1n) is 9.47. The number of benzene rings is 3. The minimum absolute atomic E-state index is 0.0636. The normalized spacial score (nSPS) is 11.1. The lowest BCUT2D eigenvalue weighted by molar-refractivity contribution is 0.0951. The summed E-state index contributed by atoms with van der Waals surface area (Å²) in [5.41, 5.74) is 3.51. The topological polar surface area (TPSA) is 88.2 Å². The van der Waals surface area contributed by atoms with Gasteiger partial charge in [-0.15, -0.1) is 11.3 Å². The molecule has 0 saturated carbocycles. The molecule has 0 spiro atoms. The van der Waals surface area contributed by atoms with Crippen LogP contribution in [0.1, 0.15) is 15.9 Å². The van der Waals surface area contributed by atoms with Crippen molar-refractivity contribution in [1.82, 2.24) is 10.3 Å². The van der Waals surface area contributed by atoms with Gasteiger partial charge in [0.05, 0.1) is 4.90 Å². The lowest BCUT2D eigenvalue weighted by atomic mass is 10.00. The molecule has 0 saturated heterocycles. The second-order valence-corrected chi connectivity index (χ2v) is 9.25. The van der Waals surface area contributed by atoms with Crippen LogP contribution in [0.5, 0.6) is 0 Å². The van der Waals surface area contributed by atoms with Crippen LogP contribution >= 0.6 is 11.3 Å². The van der Waals surface area contributed by atoms with Crippen LogP contribution in [0.4, 0.5) is 5.13 Å². The maximum absolute atomic E-state index is 12.6. The number of carbonyl (C=O) groups is 1. The molecule has 4 aromatic rings. The minimum atomic E-state index is -3.75. The number of hydrogen-bond acceptors (Lipinski definition) is 5. The summed E-state index contributed by atoms with van der Waals surface area (Å²) in [5.74, 6) is -0.278. The van der Waals surface area contributed by atoms with Crippen LogP contribution < -0.4 is 10.0 Å². The molecular formula is C23H19N3O3S2. The van der Waals surface area contributed by atoms with Gasteiger partial charge in [-0.25, -0.2) is 13.4 Å². The molecule has 156 valence electrons. The number of rotatable bonds is 7. The van der Waals surface area contributed by atoms with Crippen molar-refractivity contribution < 1.29 is 13.2 Å². The van der Waals surface area contributed by atoms with Gasteiger partial charge >= 0.3 is 0 Å². The monoisotopic (exact) mass is 449 g/mol. The van der Waals surface area contributed by atoms with Crippen LogP contribution in [0.15, 0.2) is 95.3 Å². The fourth-order valence-corrected chi connectivity index (χ4v) is 4.87. The van der Waals surface area contributed by atoms with E-state index in [1.807, 2.05) is 54.6 Å². The van der Waals surface area contributed by atoms with Crippen molar-refractivity contribution in [2.24, 2.45) is 0 Å². The first kappa shape index (κ1) is 20.8. The molecule has 0 unspecified atom stereocenters. The highest BCUT2D eigenvalue weighted by Crippen LogP contribution is 2.23. The predicted molar refractivity (Wildman–Crippen MR) is 122 cm³/mol. The van der Waals surface area contributed by atoms with Crippen LogP contribution in [-0.2, 0) is 16.6 Å². The highest BCUT2D eigenvalue weighted by Gasteiger charge is 2.16. The maximum Gasteiger partial charge on any atom is 0.263 e. The summed E-state index contributed by atoms with van der Waals surface area (Å²) in [5, 5.41) is 4.88. The van der Waals surface area contributed by atoms with Crippen molar-refractivity contribution in [3.8, 4) is 11.1 Å². The zero-order valence-corrected chi connectivity index (χ0v) is 18.0. The number of aromatic nitrogens is 1. The first-order valence-corrected chi connectivity index (χ1v) is 11.8. The lowest BCUT2D eigenvalue weighted by Gasteiger charge is -2.11. The Morgan fingerprint density at radius 1 is 0.903 bits per heavy atom. The molecule has 31 heavy (non-hydrogen) atoms. The van der Waals surface area contributed by atoms with Gasteiger partial charge in [0.15, 0.2) is 5.13 Å². The molecule has 4 rings (SSSR count). The molecule has 3 aromatic carbocycles. The highest BCUT2D eigenvalue weighted by molar-refractivity contribution is 7.93. The van der Waals surface area contributed by atoms with Gasteiger partial charge in [0.2, 0.25) is 0 Å². The molecular weight excluding hydrogens is 430 g/mol.